The van der Waals surface area contributed by atoms with Gasteiger partial charge in [0.2, 0.25) is 15.9 Å². The van der Waals surface area contributed by atoms with Crippen LogP contribution in [0.2, 0.25) is 0 Å². The van der Waals surface area contributed by atoms with Crippen LogP contribution < -0.4 is 9.62 Å². The Bertz CT molecular complexity index is 913. The van der Waals surface area contributed by atoms with E-state index in [-0.39, 0.29) is 18.5 Å². The molecule has 0 saturated carbocycles. The fourth-order valence-corrected chi connectivity index (χ4v) is 4.24. The Morgan fingerprint density at radius 2 is 1.85 bits per heavy atom. The van der Waals surface area contributed by atoms with Crippen LogP contribution in [0.15, 0.2) is 46.9 Å². The molecule has 0 bridgehead atoms. The molecular formula is C19H23BrN2O3S. The van der Waals surface area contributed by atoms with E-state index in [0.717, 1.165) is 27.3 Å². The highest BCUT2D eigenvalue weighted by atomic mass is 79.9. The van der Waals surface area contributed by atoms with Gasteiger partial charge in [-0.3, -0.25) is 9.10 Å². The number of carbonyl (C=O) groups excluding carboxylic acids is 1. The average molecular weight is 439 g/mol. The van der Waals surface area contributed by atoms with E-state index in [1.54, 1.807) is 24.3 Å². The highest BCUT2D eigenvalue weighted by molar-refractivity contribution is 9.10. The van der Waals surface area contributed by atoms with E-state index in [9.17, 15) is 13.2 Å². The van der Waals surface area contributed by atoms with Crippen LogP contribution in [0, 0.1) is 13.8 Å². The van der Waals surface area contributed by atoms with Crippen LogP contribution in [0.3, 0.4) is 0 Å². The third-order valence-corrected chi connectivity index (χ3v) is 5.88. The third kappa shape index (κ3) is 5.08. The number of hydrogen-bond donors (Lipinski definition) is 1. The molecule has 1 N–H and O–H groups in total. The van der Waals surface area contributed by atoms with E-state index in [1.165, 1.54) is 0 Å². The van der Waals surface area contributed by atoms with Crippen LogP contribution in [-0.4, -0.2) is 27.1 Å². The number of rotatable bonds is 6. The molecule has 1 amide bonds. The summed E-state index contributed by atoms with van der Waals surface area (Å²) in [6, 6.07) is 12.8. The summed E-state index contributed by atoms with van der Waals surface area (Å²) in [4.78, 5) is 12.5. The van der Waals surface area contributed by atoms with Crippen LogP contribution in [0.25, 0.3) is 0 Å². The standard InChI is InChI=1S/C19H23BrN2O3S/c1-13-9-10-14(2)16(11-13)15(3)21-19(23)12-22(26(4,24)25)18-8-6-5-7-17(18)20/h5-11,15H,12H2,1-4H3,(H,21,23)/t15-/m1/s1. The minimum Gasteiger partial charge on any atom is -0.348 e. The summed E-state index contributed by atoms with van der Waals surface area (Å²) in [6.07, 6.45) is 1.09. The molecular weight excluding hydrogens is 416 g/mol. The summed E-state index contributed by atoms with van der Waals surface area (Å²) in [6.45, 7) is 5.59. The van der Waals surface area contributed by atoms with Gasteiger partial charge >= 0.3 is 0 Å². The van der Waals surface area contributed by atoms with Gasteiger partial charge in [-0.2, -0.15) is 0 Å². The zero-order valence-electron chi connectivity index (χ0n) is 15.3. The lowest BCUT2D eigenvalue weighted by Crippen LogP contribution is -2.41. The highest BCUT2D eigenvalue weighted by Gasteiger charge is 2.23. The molecule has 0 fully saturated rings. The first-order valence-corrected chi connectivity index (χ1v) is 10.8. The molecule has 0 radical (unpaired) electrons. The third-order valence-electron chi connectivity index (χ3n) is 4.09. The van der Waals surface area contributed by atoms with Crippen LogP contribution in [0.5, 0.6) is 0 Å². The zero-order valence-corrected chi connectivity index (χ0v) is 17.7. The summed E-state index contributed by atoms with van der Waals surface area (Å²) < 4.78 is 26.1. The molecule has 0 unspecified atom stereocenters. The predicted octanol–water partition coefficient (Wildman–Crippen LogP) is 3.71. The maximum atomic E-state index is 12.5. The first-order chi connectivity index (χ1) is 12.1. The molecule has 140 valence electrons. The van der Waals surface area contributed by atoms with Gasteiger partial charge in [-0.05, 0) is 60.0 Å². The van der Waals surface area contributed by atoms with E-state index in [4.69, 9.17) is 0 Å². The highest BCUT2D eigenvalue weighted by Crippen LogP contribution is 2.27. The second-order valence-electron chi connectivity index (χ2n) is 6.37. The lowest BCUT2D eigenvalue weighted by molar-refractivity contribution is -0.120. The van der Waals surface area contributed by atoms with Crippen molar-refractivity contribution in [1.29, 1.82) is 0 Å². The van der Waals surface area contributed by atoms with Crippen molar-refractivity contribution >= 4 is 37.5 Å². The molecule has 7 heteroatoms. The summed E-state index contributed by atoms with van der Waals surface area (Å²) in [5.41, 5.74) is 3.64. The van der Waals surface area contributed by atoms with Gasteiger partial charge in [0.1, 0.15) is 6.54 Å². The summed E-state index contributed by atoms with van der Waals surface area (Å²) in [5, 5.41) is 2.90. The lowest BCUT2D eigenvalue weighted by atomic mass is 10.00. The number of sulfonamides is 1. The Balaban J connectivity index is 2.20. The van der Waals surface area contributed by atoms with E-state index in [2.05, 4.69) is 21.2 Å². The molecule has 26 heavy (non-hydrogen) atoms. The van der Waals surface area contributed by atoms with Crippen molar-refractivity contribution in [3.05, 3.63) is 63.6 Å². The van der Waals surface area contributed by atoms with Gasteiger partial charge in [0, 0.05) is 4.47 Å². The van der Waals surface area contributed by atoms with Crippen molar-refractivity contribution in [2.24, 2.45) is 0 Å². The SMILES string of the molecule is Cc1ccc(C)c([C@@H](C)NC(=O)CN(c2ccccc2Br)S(C)(=O)=O)c1. The molecule has 0 aliphatic heterocycles. The Morgan fingerprint density at radius 3 is 2.46 bits per heavy atom. The van der Waals surface area contributed by atoms with Crippen molar-refractivity contribution in [1.82, 2.24) is 5.32 Å². The first-order valence-electron chi connectivity index (χ1n) is 8.18. The Kier molecular flexibility index (Phi) is 6.47. The fourth-order valence-electron chi connectivity index (χ4n) is 2.76. The van der Waals surface area contributed by atoms with Crippen LogP contribution in [0.1, 0.15) is 29.7 Å². The van der Waals surface area contributed by atoms with Gasteiger partial charge in [-0.15, -0.1) is 0 Å². The first kappa shape index (κ1) is 20.5. The molecule has 2 aromatic rings. The van der Waals surface area contributed by atoms with Crippen LogP contribution >= 0.6 is 15.9 Å². The number of nitrogens with one attached hydrogen (secondary N) is 1. The molecule has 5 nitrogen and oxygen atoms in total. The summed E-state index contributed by atoms with van der Waals surface area (Å²) >= 11 is 3.35. The number of para-hydroxylation sites is 1. The minimum absolute atomic E-state index is 0.219. The van der Waals surface area contributed by atoms with Gasteiger partial charge in [-0.1, -0.05) is 35.9 Å². The number of amides is 1. The molecule has 2 aromatic carbocycles. The average Bonchev–Trinajstić information content (AvgIpc) is 2.54. The van der Waals surface area contributed by atoms with E-state index < -0.39 is 10.0 Å². The van der Waals surface area contributed by atoms with E-state index in [1.807, 2.05) is 39.0 Å². The smallest absolute Gasteiger partial charge is 0.241 e. The molecule has 0 spiro atoms. The van der Waals surface area contributed by atoms with E-state index >= 15 is 0 Å². The van der Waals surface area contributed by atoms with Crippen LogP contribution in [0.4, 0.5) is 5.69 Å². The molecule has 1 atom stereocenters. The summed E-state index contributed by atoms with van der Waals surface area (Å²) in [5.74, 6) is -0.361. The number of hydrogen-bond acceptors (Lipinski definition) is 3. The molecule has 2 rings (SSSR count). The van der Waals surface area contributed by atoms with Gasteiger partial charge in [-0.25, -0.2) is 8.42 Å². The maximum absolute atomic E-state index is 12.5. The number of anilines is 1. The molecule has 0 aliphatic carbocycles. The lowest BCUT2D eigenvalue weighted by Gasteiger charge is -2.24. The molecule has 0 aromatic heterocycles. The maximum Gasteiger partial charge on any atom is 0.241 e. The second-order valence-corrected chi connectivity index (χ2v) is 9.13. The number of benzene rings is 2. The van der Waals surface area contributed by atoms with Gasteiger partial charge in [0.25, 0.3) is 0 Å². The number of nitrogens with zero attached hydrogens (tertiary/aromatic N) is 1. The Morgan fingerprint density at radius 1 is 1.19 bits per heavy atom. The molecule has 0 aliphatic rings. The number of carbonyl (C=O) groups is 1. The Hall–Kier alpha value is -1.86. The van der Waals surface area contributed by atoms with Gasteiger partial charge < -0.3 is 5.32 Å². The fraction of sp³-hybridized carbons (Fsp3) is 0.316. The Labute approximate surface area is 163 Å². The van der Waals surface area contributed by atoms with E-state index in [0.29, 0.717) is 10.2 Å². The van der Waals surface area contributed by atoms with Gasteiger partial charge in [0.15, 0.2) is 0 Å². The minimum atomic E-state index is -3.61. The number of aryl methyl sites for hydroxylation is 2. The van der Waals surface area contributed by atoms with Crippen molar-refractivity contribution in [2.45, 2.75) is 26.8 Å². The van der Waals surface area contributed by atoms with Crippen molar-refractivity contribution < 1.29 is 13.2 Å². The normalized spacial score (nSPS) is 12.5. The predicted molar refractivity (Wildman–Crippen MR) is 109 cm³/mol. The molecule has 0 saturated heterocycles. The second kappa shape index (κ2) is 8.22. The topological polar surface area (TPSA) is 66.5 Å². The van der Waals surface area contributed by atoms with Gasteiger partial charge in [0.05, 0.1) is 18.0 Å². The quantitative estimate of drug-likeness (QED) is 0.747. The van der Waals surface area contributed by atoms with Crippen LogP contribution in [-0.2, 0) is 14.8 Å². The monoisotopic (exact) mass is 438 g/mol. The zero-order chi connectivity index (χ0) is 19.5. The van der Waals surface area contributed by atoms with Crippen molar-refractivity contribution in [3.63, 3.8) is 0 Å². The molecule has 0 heterocycles. The van der Waals surface area contributed by atoms with Crippen molar-refractivity contribution in [3.8, 4) is 0 Å². The number of halogens is 1. The summed E-state index contributed by atoms with van der Waals surface area (Å²) in [7, 11) is -3.61. The largest absolute Gasteiger partial charge is 0.348 e. The van der Waals surface area contributed by atoms with Crippen molar-refractivity contribution in [2.75, 3.05) is 17.1 Å².